The van der Waals surface area contributed by atoms with Gasteiger partial charge in [0.15, 0.2) is 0 Å². The first kappa shape index (κ1) is 15.4. The zero-order valence-corrected chi connectivity index (χ0v) is 14.3. The first-order valence-corrected chi connectivity index (χ1v) is 9.49. The van der Waals surface area contributed by atoms with Crippen LogP contribution in [0.2, 0.25) is 0 Å². The third-order valence-electron chi connectivity index (χ3n) is 3.88. The molecule has 1 aromatic heterocycles. The molecule has 0 unspecified atom stereocenters. The average molecular weight is 354 g/mol. The highest BCUT2D eigenvalue weighted by atomic mass is 32.2. The van der Waals surface area contributed by atoms with Crippen LogP contribution in [-0.4, -0.2) is 5.11 Å². The van der Waals surface area contributed by atoms with Gasteiger partial charge in [-0.2, -0.15) is 0 Å². The molecule has 0 aliphatic carbocycles. The Kier molecular flexibility index (Phi) is 4.12. The van der Waals surface area contributed by atoms with Crippen LogP contribution in [0.25, 0.3) is 11.3 Å². The highest BCUT2D eigenvalue weighted by molar-refractivity contribution is 7.99. The molecule has 5 heteroatoms. The van der Waals surface area contributed by atoms with Gasteiger partial charge < -0.3 is 9.52 Å². The van der Waals surface area contributed by atoms with Crippen LogP contribution >= 0.6 is 23.5 Å². The van der Waals surface area contributed by atoms with Crippen LogP contribution in [0.4, 0.5) is 0 Å². The van der Waals surface area contributed by atoms with Gasteiger partial charge in [-0.3, -0.25) is 0 Å². The lowest BCUT2D eigenvalue weighted by Crippen LogP contribution is -2.08. The van der Waals surface area contributed by atoms with E-state index in [4.69, 9.17) is 4.42 Å². The third kappa shape index (κ3) is 2.74. The lowest BCUT2D eigenvalue weighted by Gasteiger charge is -2.19. The lowest BCUT2D eigenvalue weighted by atomic mass is 10.1. The average Bonchev–Trinajstić information content (AvgIpc) is 2.62. The summed E-state index contributed by atoms with van der Waals surface area (Å²) in [7, 11) is 0. The van der Waals surface area contributed by atoms with Crippen LogP contribution in [0.3, 0.4) is 0 Å². The molecule has 3 aromatic rings. The fraction of sp³-hybridized carbons (Fsp3) is 0.105. The maximum Gasteiger partial charge on any atom is 0.353 e. The molecule has 1 N–H and O–H groups in total. The minimum atomic E-state index is -0.478. The Morgan fingerprint density at radius 2 is 1.83 bits per heavy atom. The van der Waals surface area contributed by atoms with Crippen molar-refractivity contribution in [3.8, 4) is 17.1 Å². The van der Waals surface area contributed by atoms with Crippen molar-refractivity contribution in [2.24, 2.45) is 0 Å². The molecule has 0 amide bonds. The van der Waals surface area contributed by atoms with Gasteiger partial charge in [-0.05, 0) is 11.6 Å². The summed E-state index contributed by atoms with van der Waals surface area (Å²) in [6, 6.07) is 17.6. The Labute approximate surface area is 147 Å². The molecule has 1 aliphatic rings. The molecule has 3 nitrogen and oxygen atoms in total. The smallest absolute Gasteiger partial charge is 0.353 e. The van der Waals surface area contributed by atoms with Crippen molar-refractivity contribution in [2.75, 3.05) is 0 Å². The molecule has 4 rings (SSSR count). The predicted molar refractivity (Wildman–Crippen MR) is 97.6 cm³/mol. The maximum absolute atomic E-state index is 12.4. The van der Waals surface area contributed by atoms with Crippen molar-refractivity contribution in [1.82, 2.24) is 0 Å². The van der Waals surface area contributed by atoms with Crippen molar-refractivity contribution < 1.29 is 9.52 Å². The van der Waals surface area contributed by atoms with Crippen molar-refractivity contribution in [3.05, 3.63) is 76.1 Å². The minimum absolute atomic E-state index is 0.0594. The van der Waals surface area contributed by atoms with Crippen LogP contribution in [-0.2, 0) is 11.5 Å². The number of hydrogen-bond donors (Lipinski definition) is 1. The molecule has 24 heavy (non-hydrogen) atoms. The normalized spacial score (nSPS) is 12.5. The first-order valence-electron chi connectivity index (χ1n) is 7.52. The van der Waals surface area contributed by atoms with Gasteiger partial charge in [0.1, 0.15) is 16.4 Å². The second kappa shape index (κ2) is 6.42. The van der Waals surface area contributed by atoms with Gasteiger partial charge in [-0.15, -0.1) is 23.5 Å². The molecular weight excluding hydrogens is 340 g/mol. The van der Waals surface area contributed by atoms with E-state index < -0.39 is 5.63 Å². The largest absolute Gasteiger partial charge is 0.506 e. The van der Waals surface area contributed by atoms with Gasteiger partial charge >= 0.3 is 5.63 Å². The van der Waals surface area contributed by atoms with Crippen molar-refractivity contribution >= 4 is 23.5 Å². The summed E-state index contributed by atoms with van der Waals surface area (Å²) in [5, 5.41) is 10.6. The lowest BCUT2D eigenvalue weighted by molar-refractivity contribution is 0.423. The van der Waals surface area contributed by atoms with E-state index in [1.54, 1.807) is 11.8 Å². The molecule has 0 atom stereocenters. The zero-order valence-electron chi connectivity index (χ0n) is 12.7. The highest BCUT2D eigenvalue weighted by Crippen LogP contribution is 2.46. The molecule has 0 saturated heterocycles. The summed E-state index contributed by atoms with van der Waals surface area (Å²) in [5.74, 6) is 1.77. The summed E-state index contributed by atoms with van der Waals surface area (Å²) >= 11 is 2.96. The van der Waals surface area contributed by atoms with Crippen molar-refractivity contribution in [2.45, 2.75) is 21.3 Å². The first-order chi connectivity index (χ1) is 11.7. The van der Waals surface area contributed by atoms with E-state index in [0.717, 1.165) is 16.0 Å². The van der Waals surface area contributed by atoms with Gasteiger partial charge in [-0.1, -0.05) is 48.5 Å². The van der Waals surface area contributed by atoms with Gasteiger partial charge in [0, 0.05) is 27.5 Å². The molecule has 2 aromatic carbocycles. The van der Waals surface area contributed by atoms with E-state index in [-0.39, 0.29) is 10.6 Å². The van der Waals surface area contributed by atoms with E-state index >= 15 is 0 Å². The number of hydrogen-bond acceptors (Lipinski definition) is 5. The zero-order chi connectivity index (χ0) is 16.5. The molecule has 2 heterocycles. The molecule has 0 bridgehead atoms. The molecule has 0 saturated carbocycles. The number of benzene rings is 2. The minimum Gasteiger partial charge on any atom is -0.506 e. The maximum atomic E-state index is 12.4. The number of rotatable bonds is 3. The monoisotopic (exact) mass is 354 g/mol. The van der Waals surface area contributed by atoms with Crippen LogP contribution in [0.5, 0.6) is 5.75 Å². The Bertz CT molecular complexity index is 949. The fourth-order valence-corrected chi connectivity index (χ4v) is 4.66. The summed E-state index contributed by atoms with van der Waals surface area (Å²) in [5.41, 5.74) is 2.19. The number of thioether (sulfide) groups is 2. The van der Waals surface area contributed by atoms with Crippen molar-refractivity contribution in [3.63, 3.8) is 0 Å². The molecule has 120 valence electrons. The second-order valence-corrected chi connectivity index (χ2v) is 7.44. The van der Waals surface area contributed by atoms with Crippen LogP contribution in [0, 0.1) is 0 Å². The SMILES string of the molecule is O=c1oc2c(c(O)c1SCc1ccccc1)CSc1ccccc1-2. The van der Waals surface area contributed by atoms with E-state index in [1.165, 1.54) is 11.8 Å². The predicted octanol–water partition coefficient (Wildman–Crippen LogP) is 4.91. The molecular formula is C19H14O3S2. The Morgan fingerprint density at radius 3 is 2.67 bits per heavy atom. The van der Waals surface area contributed by atoms with Gasteiger partial charge in [0.2, 0.25) is 0 Å². The topological polar surface area (TPSA) is 50.4 Å². The quantitative estimate of drug-likeness (QED) is 0.677. The summed E-state index contributed by atoms with van der Waals surface area (Å²) in [4.78, 5) is 13.7. The third-order valence-corrected chi connectivity index (χ3v) is 6.11. The highest BCUT2D eigenvalue weighted by Gasteiger charge is 2.25. The fourth-order valence-electron chi connectivity index (χ4n) is 2.68. The van der Waals surface area contributed by atoms with E-state index in [1.807, 2.05) is 54.6 Å². The molecule has 1 aliphatic heterocycles. The van der Waals surface area contributed by atoms with Crippen LogP contribution in [0.15, 0.2) is 73.6 Å². The van der Waals surface area contributed by atoms with Gasteiger partial charge in [-0.25, -0.2) is 4.79 Å². The Hall–Kier alpha value is -2.11. The van der Waals surface area contributed by atoms with E-state index in [0.29, 0.717) is 22.8 Å². The number of aromatic hydroxyl groups is 1. The molecule has 0 fully saturated rings. The van der Waals surface area contributed by atoms with Crippen LogP contribution < -0.4 is 5.63 Å². The summed E-state index contributed by atoms with van der Waals surface area (Å²) < 4.78 is 5.58. The van der Waals surface area contributed by atoms with Gasteiger partial charge in [0.05, 0.1) is 0 Å². The Morgan fingerprint density at radius 1 is 1.08 bits per heavy atom. The van der Waals surface area contributed by atoms with Gasteiger partial charge in [0.25, 0.3) is 0 Å². The molecule has 0 spiro atoms. The van der Waals surface area contributed by atoms with E-state index in [9.17, 15) is 9.90 Å². The summed E-state index contributed by atoms with van der Waals surface area (Å²) in [6.07, 6.45) is 0. The van der Waals surface area contributed by atoms with E-state index in [2.05, 4.69) is 0 Å². The van der Waals surface area contributed by atoms with Crippen LogP contribution in [0.1, 0.15) is 11.1 Å². The molecule has 0 radical (unpaired) electrons. The van der Waals surface area contributed by atoms with Crippen molar-refractivity contribution in [1.29, 1.82) is 0 Å². The standard InChI is InChI=1S/C19H14O3S2/c20-16-14-11-23-15-9-5-4-8-13(15)17(14)22-19(21)18(16)24-10-12-6-2-1-3-7-12/h1-9,20H,10-11H2. The number of fused-ring (bicyclic) bond motifs is 3. The summed E-state index contributed by atoms with van der Waals surface area (Å²) in [6.45, 7) is 0. The Balaban J connectivity index is 1.73. The second-order valence-electron chi connectivity index (χ2n) is 5.43.